The molecule has 2 aromatic carbocycles. The van der Waals surface area contributed by atoms with Crippen LogP contribution in [0.3, 0.4) is 0 Å². The van der Waals surface area contributed by atoms with Crippen LogP contribution in [0.25, 0.3) is 10.8 Å². The Morgan fingerprint density at radius 2 is 1.89 bits per heavy atom. The molecule has 2 rings (SSSR count). The number of benzene rings is 2. The van der Waals surface area contributed by atoms with E-state index in [9.17, 15) is 0 Å². The van der Waals surface area contributed by atoms with Crippen LogP contribution >= 0.6 is 30.1 Å². The van der Waals surface area contributed by atoms with Crippen molar-refractivity contribution >= 4 is 40.9 Å². The second-order valence-electron chi connectivity index (χ2n) is 3.57. The molecule has 0 unspecified atom stereocenters. The highest BCUT2D eigenvalue weighted by Gasteiger charge is 2.04. The first kappa shape index (κ1) is 13.4. The molecule has 4 heteroatoms. The first-order valence-electron chi connectivity index (χ1n) is 5.23. The van der Waals surface area contributed by atoms with Crippen LogP contribution in [0.4, 0.5) is 0 Å². The molecule has 0 aliphatic heterocycles. The quantitative estimate of drug-likeness (QED) is 0.582. The number of ether oxygens (including phenoxy) is 2. The van der Waals surface area contributed by atoms with Crippen LogP contribution in [0.5, 0.6) is 11.5 Å². The van der Waals surface area contributed by atoms with Gasteiger partial charge in [0, 0.05) is 21.2 Å². The summed E-state index contributed by atoms with van der Waals surface area (Å²) in [5.74, 6) is 4.71. The van der Waals surface area contributed by atoms with E-state index in [2.05, 4.69) is 32.4 Å². The maximum atomic E-state index is 5.37. The molecule has 0 amide bonds. The Bertz CT molecular complexity index is 629. The molecule has 0 fully saturated rings. The van der Waals surface area contributed by atoms with Gasteiger partial charge < -0.3 is 9.47 Å². The normalized spacial score (nSPS) is 9.72. The number of hydrogen-bond donors (Lipinski definition) is 0. The molecule has 0 aromatic heterocycles. The minimum atomic E-state index is 0.786. The van der Waals surface area contributed by atoms with E-state index in [1.807, 2.05) is 30.3 Å². The lowest BCUT2D eigenvalue weighted by molar-refractivity contribution is 0.413. The molecule has 0 aliphatic carbocycles. The number of methoxy groups -OCH3 is 2. The van der Waals surface area contributed by atoms with Crippen LogP contribution in [0.2, 0.25) is 0 Å². The van der Waals surface area contributed by atoms with Gasteiger partial charge in [0.1, 0.15) is 11.5 Å². The highest BCUT2D eigenvalue weighted by atomic mass is 127. The van der Waals surface area contributed by atoms with E-state index in [1.54, 1.807) is 14.2 Å². The van der Waals surface area contributed by atoms with Crippen LogP contribution in [0, 0.1) is 11.2 Å². The summed E-state index contributed by atoms with van der Waals surface area (Å²) in [5, 5.41) is 5.18. The van der Waals surface area contributed by atoms with Crippen molar-refractivity contribution in [1.29, 1.82) is 0 Å². The van der Waals surface area contributed by atoms with Gasteiger partial charge in [0.2, 0.25) is 0 Å². The maximum absolute atomic E-state index is 5.37. The van der Waals surface area contributed by atoms with E-state index in [0.717, 1.165) is 27.8 Å². The molecule has 0 N–H and O–H groups in total. The van der Waals surface area contributed by atoms with Gasteiger partial charge in [0.25, 0.3) is 0 Å². The lowest BCUT2D eigenvalue weighted by atomic mass is 10.1. The smallest absolute Gasteiger partial charge is 0.135 e. The molecule has 0 spiro atoms. The zero-order chi connectivity index (χ0) is 13.0. The van der Waals surface area contributed by atoms with Gasteiger partial charge in [-0.3, -0.25) is 0 Å². The van der Waals surface area contributed by atoms with E-state index >= 15 is 0 Å². The van der Waals surface area contributed by atoms with Gasteiger partial charge in [0.05, 0.1) is 19.8 Å². The van der Waals surface area contributed by atoms with Crippen LogP contribution in [-0.2, 0) is 0 Å². The summed E-state index contributed by atoms with van der Waals surface area (Å²) in [5.41, 5.74) is 0.902. The van der Waals surface area contributed by atoms with E-state index in [4.69, 9.17) is 9.47 Å². The third-order valence-electron chi connectivity index (χ3n) is 2.59. The van der Waals surface area contributed by atoms with Crippen LogP contribution in [0.15, 0.2) is 30.3 Å². The van der Waals surface area contributed by atoms with Gasteiger partial charge in [-0.1, -0.05) is 12.0 Å². The topological polar surface area (TPSA) is 18.5 Å². The molecular weight excluding hydrogens is 359 g/mol. The molecule has 18 heavy (non-hydrogen) atoms. The van der Waals surface area contributed by atoms with Gasteiger partial charge >= 0.3 is 0 Å². The van der Waals surface area contributed by atoms with Gasteiger partial charge in [0.15, 0.2) is 0 Å². The fraction of sp³-hybridized carbons (Fsp3) is 0.143. The van der Waals surface area contributed by atoms with Crippen molar-refractivity contribution in [3.63, 3.8) is 0 Å². The summed E-state index contributed by atoms with van der Waals surface area (Å²) in [6.45, 7) is 0. The number of halogens is 1. The summed E-state index contributed by atoms with van der Waals surface area (Å²) in [6.07, 6.45) is 0. The third-order valence-corrected chi connectivity index (χ3v) is 3.43. The van der Waals surface area contributed by atoms with Gasteiger partial charge in [-0.2, -0.15) is 0 Å². The molecule has 0 heterocycles. The van der Waals surface area contributed by atoms with Gasteiger partial charge in [-0.05, 0) is 49.2 Å². The number of rotatable bonds is 2. The third kappa shape index (κ3) is 2.85. The fourth-order valence-corrected chi connectivity index (χ4v) is 2.20. The average Bonchev–Trinajstić information content (AvgIpc) is 2.43. The highest BCUT2D eigenvalue weighted by Crippen LogP contribution is 2.28. The van der Waals surface area contributed by atoms with Gasteiger partial charge in [-0.15, -0.1) is 0 Å². The molecule has 92 valence electrons. The second-order valence-corrected chi connectivity index (χ2v) is 5.25. The van der Waals surface area contributed by atoms with E-state index in [1.165, 1.54) is 8.93 Å². The standard InChI is InChI=1S/C14H11IO2S/c1-16-13-4-3-10-7-11(5-6-18-15)14(17-2)9-12(10)8-13/h3-4,7-9H,1-2H3. The van der Waals surface area contributed by atoms with Crippen LogP contribution in [-0.4, -0.2) is 14.2 Å². The molecule has 0 radical (unpaired) electrons. The van der Waals surface area contributed by atoms with Crippen molar-refractivity contribution in [2.75, 3.05) is 14.2 Å². The SMILES string of the molecule is COc1ccc2cc(C#CSI)c(OC)cc2c1. The minimum absolute atomic E-state index is 0.786. The van der Waals surface area contributed by atoms with E-state index in [0.29, 0.717) is 0 Å². The highest BCUT2D eigenvalue weighted by molar-refractivity contribution is 14.2. The summed E-state index contributed by atoms with van der Waals surface area (Å²) >= 11 is 2.15. The van der Waals surface area contributed by atoms with Crippen molar-refractivity contribution in [1.82, 2.24) is 0 Å². The van der Waals surface area contributed by atoms with Crippen molar-refractivity contribution in [2.45, 2.75) is 0 Å². The summed E-state index contributed by atoms with van der Waals surface area (Å²) < 4.78 is 10.6. The van der Waals surface area contributed by atoms with Crippen molar-refractivity contribution in [3.05, 3.63) is 35.9 Å². The molecule has 2 nitrogen and oxygen atoms in total. The predicted octanol–water partition coefficient (Wildman–Crippen LogP) is 4.25. The first-order valence-corrected chi connectivity index (χ1v) is 8.59. The zero-order valence-electron chi connectivity index (χ0n) is 9.99. The van der Waals surface area contributed by atoms with E-state index in [-0.39, 0.29) is 0 Å². The zero-order valence-corrected chi connectivity index (χ0v) is 13.0. The van der Waals surface area contributed by atoms with Crippen LogP contribution < -0.4 is 9.47 Å². The van der Waals surface area contributed by atoms with Crippen molar-refractivity contribution < 1.29 is 9.47 Å². The van der Waals surface area contributed by atoms with Crippen molar-refractivity contribution in [2.24, 2.45) is 0 Å². The minimum Gasteiger partial charge on any atom is -0.497 e. The second kappa shape index (κ2) is 6.21. The molecule has 0 bridgehead atoms. The Morgan fingerprint density at radius 3 is 2.56 bits per heavy atom. The predicted molar refractivity (Wildman–Crippen MR) is 85.5 cm³/mol. The Hall–Kier alpha value is -1.06. The largest absolute Gasteiger partial charge is 0.497 e. The molecule has 0 saturated heterocycles. The lowest BCUT2D eigenvalue weighted by Gasteiger charge is -2.07. The summed E-state index contributed by atoms with van der Waals surface area (Å²) in [6, 6.07) is 9.98. The summed E-state index contributed by atoms with van der Waals surface area (Å²) in [7, 11) is 4.78. The van der Waals surface area contributed by atoms with E-state index < -0.39 is 0 Å². The molecule has 0 atom stereocenters. The van der Waals surface area contributed by atoms with Crippen molar-refractivity contribution in [3.8, 4) is 22.7 Å². The lowest BCUT2D eigenvalue weighted by Crippen LogP contribution is -1.89. The Labute approximate surface area is 123 Å². The monoisotopic (exact) mass is 370 g/mol. The average molecular weight is 370 g/mol. The number of hydrogen-bond acceptors (Lipinski definition) is 3. The molecule has 0 aliphatic rings. The Balaban J connectivity index is 2.60. The molecule has 0 saturated carbocycles. The van der Waals surface area contributed by atoms with Crippen LogP contribution in [0.1, 0.15) is 5.56 Å². The Morgan fingerprint density at radius 1 is 1.06 bits per heavy atom. The first-order chi connectivity index (χ1) is 8.78. The maximum Gasteiger partial charge on any atom is 0.135 e. The Kier molecular flexibility index (Phi) is 4.61. The summed E-state index contributed by atoms with van der Waals surface area (Å²) in [4.78, 5) is 0. The fourth-order valence-electron chi connectivity index (χ4n) is 1.72. The molecular formula is C14H11IO2S. The van der Waals surface area contributed by atoms with Gasteiger partial charge in [-0.25, -0.2) is 0 Å². The molecule has 2 aromatic rings. The number of fused-ring (bicyclic) bond motifs is 1.